The monoisotopic (exact) mass is 266 g/mol. The van der Waals surface area contributed by atoms with Crippen LogP contribution in [0.1, 0.15) is 25.0 Å². The van der Waals surface area contributed by atoms with Crippen molar-refractivity contribution >= 4 is 0 Å². The molecule has 0 aliphatic heterocycles. The van der Waals surface area contributed by atoms with Gasteiger partial charge < -0.3 is 14.4 Å². The minimum Gasteiger partial charge on any atom is -0.491 e. The zero-order chi connectivity index (χ0) is 14.1. The smallest absolute Gasteiger partial charge is 0.119 e. The van der Waals surface area contributed by atoms with Crippen LogP contribution in [0.3, 0.4) is 0 Å². The number of benzene rings is 1. The molecule has 3 heteroatoms. The molecule has 0 heterocycles. The molecule has 1 aromatic carbocycles. The molecule has 0 radical (unpaired) electrons. The summed E-state index contributed by atoms with van der Waals surface area (Å²) in [7, 11) is 0. The topological polar surface area (TPSA) is 22.9 Å². The molecule has 1 rings (SSSR count). The first-order valence-corrected chi connectivity index (χ1v) is 7.28. The van der Waals surface area contributed by atoms with Gasteiger partial charge in [-0.15, -0.1) is 0 Å². The number of quaternary nitrogens is 1. The van der Waals surface area contributed by atoms with Crippen molar-refractivity contribution in [1.29, 1.82) is 0 Å². The highest BCUT2D eigenvalue weighted by Gasteiger charge is 2.01. The first kappa shape index (κ1) is 16.0. The van der Waals surface area contributed by atoms with E-state index in [0.717, 1.165) is 18.9 Å². The summed E-state index contributed by atoms with van der Waals surface area (Å²) < 4.78 is 11.3. The maximum absolute atomic E-state index is 5.67. The van der Waals surface area contributed by atoms with E-state index in [2.05, 4.69) is 39.8 Å². The van der Waals surface area contributed by atoms with Crippen molar-refractivity contribution in [3.63, 3.8) is 0 Å². The molecule has 0 amide bonds. The lowest BCUT2D eigenvalue weighted by molar-refractivity contribution is -0.896. The Morgan fingerprint density at radius 3 is 2.32 bits per heavy atom. The maximum Gasteiger partial charge on any atom is 0.119 e. The van der Waals surface area contributed by atoms with Crippen molar-refractivity contribution in [1.82, 2.24) is 0 Å². The fourth-order valence-electron chi connectivity index (χ4n) is 1.94. The summed E-state index contributed by atoms with van der Waals surface area (Å²) in [4.78, 5) is 1.58. The number of hydrogen-bond donors (Lipinski definition) is 1. The van der Waals surface area contributed by atoms with E-state index in [4.69, 9.17) is 9.47 Å². The highest BCUT2D eigenvalue weighted by Crippen LogP contribution is 2.16. The van der Waals surface area contributed by atoms with Crippen LogP contribution in [0.15, 0.2) is 18.2 Å². The Kier molecular flexibility index (Phi) is 7.53. The van der Waals surface area contributed by atoms with Crippen LogP contribution in [0.5, 0.6) is 5.75 Å². The Morgan fingerprint density at radius 1 is 0.947 bits per heavy atom. The van der Waals surface area contributed by atoms with Crippen molar-refractivity contribution in [2.24, 2.45) is 0 Å². The highest BCUT2D eigenvalue weighted by molar-refractivity contribution is 5.33. The molecule has 0 unspecified atom stereocenters. The normalized spacial score (nSPS) is 11.0. The summed E-state index contributed by atoms with van der Waals surface area (Å²) in [6.45, 7) is 14.1. The molecule has 0 spiro atoms. The van der Waals surface area contributed by atoms with E-state index in [1.54, 1.807) is 4.90 Å². The first-order chi connectivity index (χ1) is 9.17. The molecule has 0 fully saturated rings. The van der Waals surface area contributed by atoms with E-state index in [9.17, 15) is 0 Å². The zero-order valence-electron chi connectivity index (χ0n) is 12.8. The van der Waals surface area contributed by atoms with Crippen molar-refractivity contribution in [3.05, 3.63) is 29.3 Å². The molecule has 3 nitrogen and oxygen atoms in total. The summed E-state index contributed by atoms with van der Waals surface area (Å²) in [6, 6.07) is 6.19. The third-order valence-electron chi connectivity index (χ3n) is 3.57. The molecule has 19 heavy (non-hydrogen) atoms. The first-order valence-electron chi connectivity index (χ1n) is 7.28. The molecular weight excluding hydrogens is 238 g/mol. The van der Waals surface area contributed by atoms with Gasteiger partial charge in [-0.25, -0.2) is 0 Å². The van der Waals surface area contributed by atoms with E-state index in [1.165, 1.54) is 24.2 Å². The number of hydrogen-bond acceptors (Lipinski definition) is 2. The summed E-state index contributed by atoms with van der Waals surface area (Å²) >= 11 is 0. The van der Waals surface area contributed by atoms with Gasteiger partial charge in [0.25, 0.3) is 0 Å². The van der Waals surface area contributed by atoms with E-state index in [0.29, 0.717) is 13.2 Å². The lowest BCUT2D eigenvalue weighted by Crippen LogP contribution is -3.11. The summed E-state index contributed by atoms with van der Waals surface area (Å²) in [5.41, 5.74) is 2.56. The number of aryl methyl sites for hydroxylation is 2. The van der Waals surface area contributed by atoms with Gasteiger partial charge in [0, 0.05) is 0 Å². The molecule has 0 saturated heterocycles. The number of ether oxygens (including phenoxy) is 2. The number of nitrogens with one attached hydrogen (secondary N) is 1. The summed E-state index contributed by atoms with van der Waals surface area (Å²) in [5, 5.41) is 0. The molecule has 0 atom stereocenters. The lowest BCUT2D eigenvalue weighted by atomic mass is 10.1. The summed E-state index contributed by atoms with van der Waals surface area (Å²) in [6.07, 6.45) is 0. The number of likely N-dealkylation sites (N-methyl/N-ethyl adjacent to an activating group) is 1. The van der Waals surface area contributed by atoms with E-state index >= 15 is 0 Å². The van der Waals surface area contributed by atoms with Crippen molar-refractivity contribution in [2.75, 3.05) is 39.5 Å². The average molecular weight is 266 g/mol. The molecule has 0 aliphatic rings. The Bertz CT molecular complexity index is 362. The highest BCUT2D eigenvalue weighted by atomic mass is 16.5. The maximum atomic E-state index is 5.67. The lowest BCUT2D eigenvalue weighted by Gasteiger charge is -2.15. The molecular formula is C16H28NO2+. The van der Waals surface area contributed by atoms with Crippen LogP contribution in [-0.2, 0) is 4.74 Å². The van der Waals surface area contributed by atoms with Gasteiger partial charge in [0.2, 0.25) is 0 Å². The van der Waals surface area contributed by atoms with Crippen LogP contribution < -0.4 is 9.64 Å². The summed E-state index contributed by atoms with van der Waals surface area (Å²) in [5.74, 6) is 0.932. The van der Waals surface area contributed by atoms with Crippen LogP contribution in [-0.4, -0.2) is 39.5 Å². The number of rotatable bonds is 9. The molecule has 0 bridgehead atoms. The molecule has 1 N–H and O–H groups in total. The van der Waals surface area contributed by atoms with E-state index in [-0.39, 0.29) is 0 Å². The molecule has 0 aliphatic carbocycles. The molecule has 1 aromatic rings. The Hall–Kier alpha value is -1.06. The van der Waals surface area contributed by atoms with Crippen LogP contribution >= 0.6 is 0 Å². The average Bonchev–Trinajstić information content (AvgIpc) is 2.42. The van der Waals surface area contributed by atoms with Gasteiger partial charge in [-0.2, -0.15) is 0 Å². The second-order valence-electron chi connectivity index (χ2n) is 4.91. The SMILES string of the molecule is CC[NH+](CC)CCOCCOc1ccc(C)c(C)c1. The Morgan fingerprint density at radius 2 is 1.68 bits per heavy atom. The fraction of sp³-hybridized carbons (Fsp3) is 0.625. The predicted molar refractivity (Wildman–Crippen MR) is 79.1 cm³/mol. The second-order valence-corrected chi connectivity index (χ2v) is 4.91. The molecule has 108 valence electrons. The predicted octanol–water partition coefficient (Wildman–Crippen LogP) is 1.62. The van der Waals surface area contributed by atoms with E-state index in [1.807, 2.05) is 6.07 Å². The van der Waals surface area contributed by atoms with Crippen molar-refractivity contribution in [3.8, 4) is 5.75 Å². The standard InChI is InChI=1S/C16H27NO2/c1-5-17(6-2)9-10-18-11-12-19-16-8-7-14(3)15(4)13-16/h7-8,13H,5-6,9-12H2,1-4H3/p+1. The van der Waals surface area contributed by atoms with Crippen LogP contribution in [0.4, 0.5) is 0 Å². The van der Waals surface area contributed by atoms with Gasteiger partial charge in [0.05, 0.1) is 26.3 Å². The fourth-order valence-corrected chi connectivity index (χ4v) is 1.94. The van der Waals surface area contributed by atoms with Gasteiger partial charge >= 0.3 is 0 Å². The van der Waals surface area contributed by atoms with Crippen LogP contribution in [0.2, 0.25) is 0 Å². The Balaban J connectivity index is 2.12. The minimum atomic E-state index is 0.621. The van der Waals surface area contributed by atoms with Gasteiger partial charge in [0.1, 0.15) is 18.9 Å². The van der Waals surface area contributed by atoms with Gasteiger partial charge in [-0.1, -0.05) is 6.07 Å². The third kappa shape index (κ3) is 6.08. The second kappa shape index (κ2) is 8.94. The molecule has 0 aromatic heterocycles. The zero-order valence-corrected chi connectivity index (χ0v) is 12.8. The van der Waals surface area contributed by atoms with Gasteiger partial charge in [0.15, 0.2) is 0 Å². The van der Waals surface area contributed by atoms with Crippen LogP contribution in [0.25, 0.3) is 0 Å². The minimum absolute atomic E-state index is 0.621. The van der Waals surface area contributed by atoms with Crippen molar-refractivity contribution < 1.29 is 14.4 Å². The van der Waals surface area contributed by atoms with Gasteiger partial charge in [-0.3, -0.25) is 0 Å². The Labute approximate surface area is 117 Å². The van der Waals surface area contributed by atoms with Crippen molar-refractivity contribution in [2.45, 2.75) is 27.7 Å². The third-order valence-corrected chi connectivity index (χ3v) is 3.57. The van der Waals surface area contributed by atoms with Crippen LogP contribution in [0, 0.1) is 13.8 Å². The largest absolute Gasteiger partial charge is 0.491 e. The van der Waals surface area contributed by atoms with Gasteiger partial charge in [-0.05, 0) is 51.0 Å². The quantitative estimate of drug-likeness (QED) is 0.687. The molecule has 0 saturated carbocycles. The van der Waals surface area contributed by atoms with E-state index < -0.39 is 0 Å².